The fraction of sp³-hybridized carbons (Fsp3) is 0.238. The summed E-state index contributed by atoms with van der Waals surface area (Å²) in [6, 6.07) is 14.8. The number of hydrogen-bond acceptors (Lipinski definition) is 4. The molecule has 0 aliphatic carbocycles. The number of aromatic nitrogens is 2. The Bertz CT molecular complexity index is 890. The molecule has 0 aliphatic rings. The van der Waals surface area contributed by atoms with Crippen molar-refractivity contribution in [3.05, 3.63) is 77.6 Å². The zero-order valence-electron chi connectivity index (χ0n) is 15.7. The number of hydrogen-bond donors (Lipinski definition) is 1. The third-order valence-electron chi connectivity index (χ3n) is 4.37. The third-order valence-corrected chi connectivity index (χ3v) is 4.37. The van der Waals surface area contributed by atoms with E-state index in [2.05, 4.69) is 10.4 Å². The molecule has 0 spiro atoms. The Morgan fingerprint density at radius 2 is 1.93 bits per heavy atom. The van der Waals surface area contributed by atoms with Crippen LogP contribution in [0, 0.1) is 0 Å². The summed E-state index contributed by atoms with van der Waals surface area (Å²) in [5, 5.41) is 7.20. The molecule has 1 N–H and O–H groups in total. The summed E-state index contributed by atoms with van der Waals surface area (Å²) in [4.78, 5) is 12.6. The van der Waals surface area contributed by atoms with Crippen molar-refractivity contribution in [2.75, 3.05) is 14.2 Å². The van der Waals surface area contributed by atoms with E-state index >= 15 is 0 Å². The largest absolute Gasteiger partial charge is 0.497 e. The predicted octanol–water partition coefficient (Wildman–Crippen LogP) is 3.44. The lowest BCUT2D eigenvalue weighted by atomic mass is 10.1. The lowest BCUT2D eigenvalue weighted by Gasteiger charge is -2.18. The molecule has 2 aromatic carbocycles. The molecular weight excluding hydrogens is 342 g/mol. The summed E-state index contributed by atoms with van der Waals surface area (Å²) in [6.07, 6.45) is 3.65. The standard InChI is InChI=1S/C21H23N3O3/c1-15(19-10-9-18(26-2)13-20(19)27-3)23-21(25)17-7-5-16(6-8-17)14-24-12-4-11-22-24/h4-13,15H,14H2,1-3H3,(H,23,25). The van der Waals surface area contributed by atoms with Crippen molar-refractivity contribution in [3.63, 3.8) is 0 Å². The van der Waals surface area contributed by atoms with Crippen LogP contribution in [-0.4, -0.2) is 29.9 Å². The van der Waals surface area contributed by atoms with Crippen LogP contribution in [0.2, 0.25) is 0 Å². The number of nitrogens with zero attached hydrogens (tertiary/aromatic N) is 2. The summed E-state index contributed by atoms with van der Waals surface area (Å²) >= 11 is 0. The SMILES string of the molecule is COc1ccc(C(C)NC(=O)c2ccc(Cn3cccn3)cc2)c(OC)c1. The Balaban J connectivity index is 1.67. The Morgan fingerprint density at radius 3 is 2.56 bits per heavy atom. The van der Waals surface area contributed by atoms with Gasteiger partial charge in [-0.3, -0.25) is 9.48 Å². The monoisotopic (exact) mass is 365 g/mol. The van der Waals surface area contributed by atoms with Gasteiger partial charge < -0.3 is 14.8 Å². The molecule has 1 heterocycles. The molecule has 0 radical (unpaired) electrons. The van der Waals surface area contributed by atoms with Crippen molar-refractivity contribution < 1.29 is 14.3 Å². The molecule has 27 heavy (non-hydrogen) atoms. The van der Waals surface area contributed by atoms with Crippen molar-refractivity contribution in [3.8, 4) is 11.5 Å². The first-order chi connectivity index (χ1) is 13.1. The van der Waals surface area contributed by atoms with E-state index in [1.54, 1.807) is 20.4 Å². The lowest BCUT2D eigenvalue weighted by molar-refractivity contribution is 0.0939. The lowest BCUT2D eigenvalue weighted by Crippen LogP contribution is -2.27. The first-order valence-electron chi connectivity index (χ1n) is 8.70. The minimum absolute atomic E-state index is 0.133. The topological polar surface area (TPSA) is 65.4 Å². The van der Waals surface area contributed by atoms with Gasteiger partial charge in [0.1, 0.15) is 11.5 Å². The number of benzene rings is 2. The Kier molecular flexibility index (Phi) is 5.76. The highest BCUT2D eigenvalue weighted by Crippen LogP contribution is 2.29. The molecule has 6 nitrogen and oxygen atoms in total. The van der Waals surface area contributed by atoms with E-state index in [0.717, 1.165) is 11.1 Å². The Hall–Kier alpha value is -3.28. The van der Waals surface area contributed by atoms with Crippen molar-refractivity contribution in [2.45, 2.75) is 19.5 Å². The number of nitrogens with one attached hydrogen (secondary N) is 1. The third kappa shape index (κ3) is 4.47. The van der Waals surface area contributed by atoms with E-state index in [9.17, 15) is 4.79 Å². The van der Waals surface area contributed by atoms with Crippen molar-refractivity contribution in [1.29, 1.82) is 0 Å². The van der Waals surface area contributed by atoms with E-state index in [0.29, 0.717) is 23.6 Å². The van der Waals surface area contributed by atoms with Gasteiger partial charge in [-0.15, -0.1) is 0 Å². The fourth-order valence-corrected chi connectivity index (χ4v) is 2.88. The van der Waals surface area contributed by atoms with Gasteiger partial charge in [0, 0.05) is 29.6 Å². The maximum Gasteiger partial charge on any atom is 0.251 e. The number of amides is 1. The van der Waals surface area contributed by atoms with Gasteiger partial charge in [-0.25, -0.2) is 0 Å². The van der Waals surface area contributed by atoms with Crippen LogP contribution in [0.5, 0.6) is 11.5 Å². The zero-order chi connectivity index (χ0) is 19.2. The molecule has 6 heteroatoms. The van der Waals surface area contributed by atoms with Gasteiger partial charge in [0.25, 0.3) is 5.91 Å². The van der Waals surface area contributed by atoms with E-state index in [4.69, 9.17) is 9.47 Å². The van der Waals surface area contributed by atoms with Crippen molar-refractivity contribution >= 4 is 5.91 Å². The Labute approximate surface area is 158 Å². The van der Waals surface area contributed by atoms with Gasteiger partial charge in [-0.05, 0) is 42.8 Å². The normalized spacial score (nSPS) is 11.7. The highest BCUT2D eigenvalue weighted by atomic mass is 16.5. The van der Waals surface area contributed by atoms with E-state index in [-0.39, 0.29) is 11.9 Å². The minimum Gasteiger partial charge on any atom is -0.497 e. The van der Waals surface area contributed by atoms with Gasteiger partial charge in [0.05, 0.1) is 26.8 Å². The van der Waals surface area contributed by atoms with Crippen LogP contribution in [0.3, 0.4) is 0 Å². The molecular formula is C21H23N3O3. The molecule has 0 aliphatic heterocycles. The number of ether oxygens (including phenoxy) is 2. The van der Waals surface area contributed by atoms with E-state index in [1.807, 2.05) is 66.3 Å². The minimum atomic E-state index is -0.206. The quantitative estimate of drug-likeness (QED) is 0.697. The van der Waals surface area contributed by atoms with Crippen LogP contribution in [0.1, 0.15) is 34.5 Å². The molecule has 3 aromatic rings. The summed E-state index contributed by atoms with van der Waals surface area (Å²) < 4.78 is 12.5. The van der Waals surface area contributed by atoms with Crippen molar-refractivity contribution in [1.82, 2.24) is 15.1 Å². The highest BCUT2D eigenvalue weighted by molar-refractivity contribution is 5.94. The number of carbonyl (C=O) groups is 1. The first-order valence-corrected chi connectivity index (χ1v) is 8.70. The summed E-state index contributed by atoms with van der Waals surface area (Å²) in [7, 11) is 3.21. The molecule has 0 saturated carbocycles. The predicted molar refractivity (Wildman–Crippen MR) is 103 cm³/mol. The molecule has 0 bridgehead atoms. The molecule has 0 fully saturated rings. The molecule has 0 saturated heterocycles. The highest BCUT2D eigenvalue weighted by Gasteiger charge is 2.16. The van der Waals surface area contributed by atoms with E-state index in [1.165, 1.54) is 0 Å². The summed E-state index contributed by atoms with van der Waals surface area (Å²) in [5.41, 5.74) is 2.58. The molecule has 3 rings (SSSR count). The maximum atomic E-state index is 12.6. The van der Waals surface area contributed by atoms with E-state index < -0.39 is 0 Å². The van der Waals surface area contributed by atoms with Crippen LogP contribution in [-0.2, 0) is 6.54 Å². The van der Waals surface area contributed by atoms with Crippen LogP contribution in [0.25, 0.3) is 0 Å². The van der Waals surface area contributed by atoms with Gasteiger partial charge in [-0.1, -0.05) is 12.1 Å². The Morgan fingerprint density at radius 1 is 1.15 bits per heavy atom. The average molecular weight is 365 g/mol. The second-order valence-electron chi connectivity index (χ2n) is 6.20. The van der Waals surface area contributed by atoms with Crippen LogP contribution < -0.4 is 14.8 Å². The maximum absolute atomic E-state index is 12.6. The summed E-state index contributed by atoms with van der Waals surface area (Å²) in [5.74, 6) is 1.25. The van der Waals surface area contributed by atoms with Crippen LogP contribution >= 0.6 is 0 Å². The zero-order valence-corrected chi connectivity index (χ0v) is 15.7. The molecule has 1 aromatic heterocycles. The fourth-order valence-electron chi connectivity index (χ4n) is 2.88. The smallest absolute Gasteiger partial charge is 0.251 e. The molecule has 1 amide bonds. The second kappa shape index (κ2) is 8.40. The summed E-state index contributed by atoms with van der Waals surface area (Å²) in [6.45, 7) is 2.60. The number of carbonyl (C=O) groups excluding carboxylic acids is 1. The van der Waals surface area contributed by atoms with Crippen LogP contribution in [0.15, 0.2) is 60.9 Å². The molecule has 140 valence electrons. The molecule has 1 atom stereocenters. The molecule has 1 unspecified atom stereocenters. The van der Waals surface area contributed by atoms with Gasteiger partial charge in [-0.2, -0.15) is 5.10 Å². The van der Waals surface area contributed by atoms with Gasteiger partial charge in [0.15, 0.2) is 0 Å². The van der Waals surface area contributed by atoms with Gasteiger partial charge in [0.2, 0.25) is 0 Å². The van der Waals surface area contributed by atoms with Crippen LogP contribution in [0.4, 0.5) is 0 Å². The average Bonchev–Trinajstić information content (AvgIpc) is 3.20. The van der Waals surface area contributed by atoms with Gasteiger partial charge >= 0.3 is 0 Å². The first kappa shape index (κ1) is 18.5. The number of methoxy groups -OCH3 is 2. The second-order valence-corrected chi connectivity index (χ2v) is 6.20. The number of rotatable bonds is 7. The van der Waals surface area contributed by atoms with Crippen molar-refractivity contribution in [2.24, 2.45) is 0 Å².